The molecule has 6 atom stereocenters. The fourth-order valence-corrected chi connectivity index (χ4v) is 13.0. The van der Waals surface area contributed by atoms with Gasteiger partial charge in [0.1, 0.15) is 18.2 Å². The minimum atomic E-state index is -1.06. The summed E-state index contributed by atoms with van der Waals surface area (Å²) in [7, 11) is 2.02. The molecule has 7 aliphatic rings. The van der Waals surface area contributed by atoms with Crippen molar-refractivity contribution in [2.45, 2.75) is 101 Å². The Labute approximate surface area is 433 Å². The van der Waals surface area contributed by atoms with Crippen LogP contribution in [-0.2, 0) is 15.2 Å². The number of likely N-dealkylation sites (N-methyl/N-ethyl adjacent to an activating group) is 1. The number of amides is 2. The van der Waals surface area contributed by atoms with Crippen molar-refractivity contribution >= 4 is 23.9 Å². The molecule has 5 N–H and O–H groups in total. The number of benzene rings is 2. The van der Waals surface area contributed by atoms with Crippen LogP contribution in [0, 0.1) is 48.4 Å². The largest absolute Gasteiger partial charge is 0.488 e. The van der Waals surface area contributed by atoms with E-state index in [1.807, 2.05) is 36.0 Å². The molecule has 3 aromatic rings. The van der Waals surface area contributed by atoms with E-state index in [0.717, 1.165) is 89.1 Å². The predicted octanol–water partition coefficient (Wildman–Crippen LogP) is 6.37. The number of ether oxygens (including phenoxy) is 2. The molecule has 14 nitrogen and oxygen atoms in total. The number of hydrazone groups is 1. The highest BCUT2D eigenvalue weighted by Gasteiger charge is 2.51. The Kier molecular flexibility index (Phi) is 14.8. The minimum Gasteiger partial charge on any atom is -0.488 e. The monoisotopic (exact) mass is 1010 g/mol. The molecule has 3 aromatic carbocycles. The van der Waals surface area contributed by atoms with E-state index >= 15 is 8.78 Å². The summed E-state index contributed by atoms with van der Waals surface area (Å²) in [6, 6.07) is 16.3. The molecule has 5 aliphatic heterocycles. The molecule has 10 rings (SSSR count). The van der Waals surface area contributed by atoms with E-state index in [9.17, 15) is 19.5 Å². The molecule has 0 spiro atoms. The number of allylic oxidation sites excluding steroid dienone is 2. The van der Waals surface area contributed by atoms with Crippen molar-refractivity contribution < 1.29 is 37.7 Å². The Hall–Kier alpha value is -6.12. The molecule has 0 aromatic heterocycles. The molecule has 3 saturated heterocycles. The number of fused-ring (bicyclic) bond motifs is 2. The number of halogens is 2. The molecule has 5 heterocycles. The van der Waals surface area contributed by atoms with E-state index in [-0.39, 0.29) is 58.4 Å². The molecule has 74 heavy (non-hydrogen) atoms. The zero-order chi connectivity index (χ0) is 51.9. The highest BCUT2D eigenvalue weighted by atomic mass is 19.1. The van der Waals surface area contributed by atoms with Gasteiger partial charge in [-0.2, -0.15) is 5.10 Å². The van der Waals surface area contributed by atoms with Gasteiger partial charge in [-0.15, -0.1) is 0 Å². The van der Waals surface area contributed by atoms with Gasteiger partial charge in [0.2, 0.25) is 11.8 Å². The van der Waals surface area contributed by atoms with Crippen LogP contribution in [-0.4, -0.2) is 139 Å². The normalized spacial score (nSPS) is 27.6. The second kappa shape index (κ2) is 21.2. The van der Waals surface area contributed by atoms with Gasteiger partial charge in [0.05, 0.1) is 17.7 Å². The highest BCUT2D eigenvalue weighted by Crippen LogP contribution is 2.55. The number of aliphatic hydroxyl groups excluding tert-OH is 1. The maximum absolute atomic E-state index is 16.5. The van der Waals surface area contributed by atoms with Gasteiger partial charge in [0.25, 0.3) is 0 Å². The average Bonchev–Trinajstić information content (AvgIpc) is 3.86. The number of nitrogens with zero attached hydrogens (tertiary/aromatic N) is 5. The second-order valence-electron chi connectivity index (χ2n) is 21.7. The number of nitrogens with two attached hydrogens (primary N) is 1. The topological polar surface area (TPSA) is 165 Å². The summed E-state index contributed by atoms with van der Waals surface area (Å²) < 4.78 is 44.8. The van der Waals surface area contributed by atoms with E-state index in [0.29, 0.717) is 54.4 Å². The van der Waals surface area contributed by atoms with Gasteiger partial charge in [-0.05, 0) is 145 Å². The number of nitrogens with one attached hydrogen (secondary N) is 2. The molecule has 2 amide bonds. The molecule has 2 aliphatic carbocycles. The molecule has 0 bridgehead atoms. The van der Waals surface area contributed by atoms with E-state index < -0.39 is 35.2 Å². The first-order valence-electron chi connectivity index (χ1n) is 26.6. The number of carbonyl (C=O) groups is 3. The number of primary amides is 1. The predicted molar refractivity (Wildman–Crippen MR) is 278 cm³/mol. The molecular formula is C58H70F2N8O6. The summed E-state index contributed by atoms with van der Waals surface area (Å²) in [4.78, 5) is 44.0. The summed E-state index contributed by atoms with van der Waals surface area (Å²) >= 11 is 0. The third-order valence-corrected chi connectivity index (χ3v) is 17.4. The standard InChI is InChI=1S/C58H70F2N8O6/c1-36-46(59)30-48-52(51(36)53-44(55(61)72)15-17-47(54(53)60)73-29-28-69)37(2)58(74-48,42-8-6-5-7-9-42)35-62-32-38-18-23-66(24-19-38)33-39-10-13-43(14-11-39)67-25-20-40(21-26-67)41-12-16-45-56(64-65(4)57(45,3)31-41)68-27-22-50(71)63-49(68)34-70/h5-6,8,10,12-13,15-17,30,34,37-40,43,49,62,69H,11,14,18-29,31-33,35H2,1-4H3,(H2,61,72)(H,63,71)/t37?,39-,43-,49?,57?,58+/m1/s1. The Bertz CT molecular complexity index is 2750. The number of rotatable bonds is 15. The van der Waals surface area contributed by atoms with Crippen LogP contribution in [0.1, 0.15) is 98.2 Å². The lowest BCUT2D eigenvalue weighted by Gasteiger charge is -2.43. The first-order valence-corrected chi connectivity index (χ1v) is 26.6. The van der Waals surface area contributed by atoms with E-state index in [1.54, 1.807) is 13.0 Å². The third kappa shape index (κ3) is 9.61. The van der Waals surface area contributed by atoms with Crippen LogP contribution in [0.2, 0.25) is 0 Å². The summed E-state index contributed by atoms with van der Waals surface area (Å²) in [6.45, 7) is 12.1. The fraction of sp³-hybridized carbons (Fsp3) is 0.517. The van der Waals surface area contributed by atoms with Crippen LogP contribution < -0.4 is 25.8 Å². The maximum Gasteiger partial charge on any atom is 0.249 e. The number of hydrogen-bond acceptors (Lipinski definition) is 12. The van der Waals surface area contributed by atoms with Crippen molar-refractivity contribution in [2.75, 3.05) is 72.6 Å². The number of piperidine rings is 2. The van der Waals surface area contributed by atoms with Crippen molar-refractivity contribution in [3.05, 3.63) is 118 Å². The maximum atomic E-state index is 16.5. The SMILES string of the molecule is Cc1c(F)cc2c(c1-c1c(C(N)=O)ccc(OCCO)c1F)C(C)[C@@](CNCC1CCN(C[C@@H]3C=C[C@@H](N4CCC(C5=CC=C6C(N7CCC(=O)NC7C=O)=NN(C)C6(C)C5)CC4)CC3)CC1)(c1c#cccc1)O2. The number of aliphatic hydroxyl groups is 1. The lowest BCUT2D eigenvalue weighted by atomic mass is 9.74. The van der Waals surface area contributed by atoms with Gasteiger partial charge in [-0.25, -0.2) is 8.78 Å². The Morgan fingerprint density at radius 2 is 1.86 bits per heavy atom. The van der Waals surface area contributed by atoms with Crippen LogP contribution in [0.4, 0.5) is 8.78 Å². The Morgan fingerprint density at radius 1 is 1.07 bits per heavy atom. The number of amidine groups is 1. The summed E-state index contributed by atoms with van der Waals surface area (Å²) in [6.07, 6.45) is 17.5. The molecule has 16 heteroatoms. The zero-order valence-electron chi connectivity index (χ0n) is 43.1. The quantitative estimate of drug-likeness (QED) is 0.0988. The van der Waals surface area contributed by atoms with Crippen molar-refractivity contribution in [1.82, 2.24) is 30.3 Å². The molecule has 392 valence electrons. The number of hydrogen-bond donors (Lipinski definition) is 4. The van der Waals surface area contributed by atoms with E-state index in [1.165, 1.54) is 36.6 Å². The van der Waals surface area contributed by atoms with E-state index in [2.05, 4.69) is 63.8 Å². The molecule has 0 saturated carbocycles. The molecular weight excluding hydrogens is 943 g/mol. The molecule has 3 fully saturated rings. The summed E-state index contributed by atoms with van der Waals surface area (Å²) in [5, 5.41) is 22.9. The van der Waals surface area contributed by atoms with E-state index in [4.69, 9.17) is 20.3 Å². The van der Waals surface area contributed by atoms with Gasteiger partial charge in [0.15, 0.2) is 35.5 Å². The van der Waals surface area contributed by atoms with Crippen molar-refractivity contribution in [3.63, 3.8) is 0 Å². The molecule has 3 unspecified atom stereocenters. The van der Waals surface area contributed by atoms with Crippen LogP contribution in [0.15, 0.2) is 76.9 Å². The average molecular weight is 1010 g/mol. The van der Waals surface area contributed by atoms with Crippen LogP contribution >= 0.6 is 0 Å². The highest BCUT2D eigenvalue weighted by molar-refractivity contribution is 6.04. The lowest BCUT2D eigenvalue weighted by molar-refractivity contribution is -0.128. The van der Waals surface area contributed by atoms with Gasteiger partial charge < -0.3 is 40.7 Å². The zero-order valence-corrected chi connectivity index (χ0v) is 43.1. The summed E-state index contributed by atoms with van der Waals surface area (Å²) in [5.41, 5.74) is 8.36. The van der Waals surface area contributed by atoms with Crippen molar-refractivity contribution in [1.29, 1.82) is 0 Å². The number of aldehydes is 1. The summed E-state index contributed by atoms with van der Waals surface area (Å²) in [5.74, 6) is -0.573. The number of likely N-dealkylation sites (tertiary alicyclic amines) is 2. The van der Waals surface area contributed by atoms with Crippen LogP contribution in [0.5, 0.6) is 11.5 Å². The van der Waals surface area contributed by atoms with Gasteiger partial charge >= 0.3 is 0 Å². The minimum absolute atomic E-state index is 0.110. The van der Waals surface area contributed by atoms with Gasteiger partial charge in [-0.3, -0.25) is 24.3 Å². The number of carbonyl (C=O) groups excluding carboxylic acids is 3. The van der Waals surface area contributed by atoms with Crippen LogP contribution in [0.3, 0.4) is 0 Å². The lowest BCUT2D eigenvalue weighted by Crippen LogP contribution is -2.57. The van der Waals surface area contributed by atoms with Gasteiger partial charge in [0, 0.05) is 73.4 Å². The third-order valence-electron chi connectivity index (χ3n) is 17.4. The Balaban J connectivity index is 0.724. The molecule has 0 radical (unpaired) electrons. The Morgan fingerprint density at radius 3 is 2.57 bits per heavy atom. The van der Waals surface area contributed by atoms with Gasteiger partial charge in [-0.1, -0.05) is 55.0 Å². The first-order chi connectivity index (χ1) is 35.7. The van der Waals surface area contributed by atoms with Crippen molar-refractivity contribution in [2.24, 2.45) is 28.6 Å². The van der Waals surface area contributed by atoms with Crippen LogP contribution in [0.25, 0.3) is 11.1 Å². The second-order valence-corrected chi connectivity index (χ2v) is 21.7. The fourth-order valence-electron chi connectivity index (χ4n) is 13.0. The first kappa shape index (κ1) is 51.4. The smallest absolute Gasteiger partial charge is 0.249 e. The van der Waals surface area contributed by atoms with Crippen molar-refractivity contribution in [3.8, 4) is 22.6 Å².